The molecule has 0 saturated carbocycles. The summed E-state index contributed by atoms with van der Waals surface area (Å²) in [5.74, 6) is 0.377. The lowest BCUT2D eigenvalue weighted by Crippen LogP contribution is -2.08. The number of hydrogen-bond donors (Lipinski definition) is 0. The summed E-state index contributed by atoms with van der Waals surface area (Å²) in [6, 6.07) is 8.41. The second-order valence-electron chi connectivity index (χ2n) is 4.07. The molecule has 1 aromatic carbocycles. The molecular weight excluding hydrogens is 172 g/mol. The third-order valence-corrected chi connectivity index (χ3v) is 3.24. The highest BCUT2D eigenvalue weighted by atomic mass is 16.1. The monoisotopic (exact) mass is 184 g/mol. The highest BCUT2D eigenvalue weighted by Crippen LogP contribution is 2.39. The number of fused-ring (bicyclic) bond motifs is 2. The van der Waals surface area contributed by atoms with Crippen LogP contribution < -0.4 is 0 Å². The quantitative estimate of drug-likeness (QED) is 0.606. The van der Waals surface area contributed by atoms with Crippen LogP contribution in [0.15, 0.2) is 29.8 Å². The van der Waals surface area contributed by atoms with E-state index in [1.807, 2.05) is 0 Å². The van der Waals surface area contributed by atoms with Crippen LogP contribution in [0, 0.1) is 0 Å². The maximum Gasteiger partial charge on any atom is 0.159 e. The van der Waals surface area contributed by atoms with Crippen LogP contribution in [0.25, 0.3) is 5.57 Å². The fraction of sp³-hybridized carbons (Fsp3) is 0.308. The highest BCUT2D eigenvalue weighted by molar-refractivity contribution is 6.06. The maximum atomic E-state index is 11.7. The van der Waals surface area contributed by atoms with Crippen LogP contribution in [0.4, 0.5) is 0 Å². The fourth-order valence-electron chi connectivity index (χ4n) is 2.56. The van der Waals surface area contributed by atoms with Crippen LogP contribution in [-0.2, 0) is 11.2 Å². The van der Waals surface area contributed by atoms with E-state index < -0.39 is 0 Å². The largest absolute Gasteiger partial charge is 0.295 e. The molecule has 3 rings (SSSR count). The number of rotatable bonds is 0. The first kappa shape index (κ1) is 7.98. The van der Waals surface area contributed by atoms with Crippen LogP contribution in [0.5, 0.6) is 0 Å². The fourth-order valence-corrected chi connectivity index (χ4v) is 2.56. The predicted octanol–water partition coefficient (Wildman–Crippen LogP) is 2.75. The summed E-state index contributed by atoms with van der Waals surface area (Å²) in [5.41, 5.74) is 5.10. The van der Waals surface area contributed by atoms with Crippen LogP contribution in [0.1, 0.15) is 30.4 Å². The lowest BCUT2D eigenvalue weighted by molar-refractivity contribution is -0.115. The van der Waals surface area contributed by atoms with Gasteiger partial charge in [0.15, 0.2) is 5.78 Å². The Morgan fingerprint density at radius 3 is 2.79 bits per heavy atom. The molecule has 0 spiro atoms. The smallest absolute Gasteiger partial charge is 0.159 e. The van der Waals surface area contributed by atoms with Crippen LogP contribution in [0.2, 0.25) is 0 Å². The van der Waals surface area contributed by atoms with Crippen molar-refractivity contribution in [2.75, 3.05) is 0 Å². The summed E-state index contributed by atoms with van der Waals surface area (Å²) in [6.45, 7) is 0. The van der Waals surface area contributed by atoms with Crippen molar-refractivity contribution >= 4 is 11.4 Å². The molecule has 0 N–H and O–H groups in total. The molecular formula is C13H12O. The van der Waals surface area contributed by atoms with Crippen molar-refractivity contribution in [1.82, 2.24) is 0 Å². The minimum Gasteiger partial charge on any atom is -0.295 e. The van der Waals surface area contributed by atoms with Gasteiger partial charge in [-0.3, -0.25) is 4.79 Å². The zero-order valence-electron chi connectivity index (χ0n) is 8.05. The SMILES string of the molecule is O=C1CCCC2=C1Cc1ccccc12. The Hall–Kier alpha value is -1.37. The molecule has 0 amide bonds. The first-order valence-corrected chi connectivity index (χ1v) is 5.20. The summed E-state index contributed by atoms with van der Waals surface area (Å²) in [6.07, 6.45) is 3.77. The van der Waals surface area contributed by atoms with Crippen molar-refractivity contribution in [1.29, 1.82) is 0 Å². The molecule has 0 bridgehead atoms. The van der Waals surface area contributed by atoms with Crippen molar-refractivity contribution < 1.29 is 4.79 Å². The molecule has 2 aliphatic carbocycles. The van der Waals surface area contributed by atoms with Gasteiger partial charge in [-0.1, -0.05) is 24.3 Å². The van der Waals surface area contributed by atoms with E-state index in [9.17, 15) is 4.79 Å². The number of Topliss-reactive ketones (excluding diaryl/α,β-unsaturated/α-hetero) is 1. The first-order chi connectivity index (χ1) is 6.86. The van der Waals surface area contributed by atoms with E-state index in [-0.39, 0.29) is 0 Å². The molecule has 0 unspecified atom stereocenters. The van der Waals surface area contributed by atoms with Crippen LogP contribution in [0.3, 0.4) is 0 Å². The minimum atomic E-state index is 0.377. The van der Waals surface area contributed by atoms with Gasteiger partial charge in [0.1, 0.15) is 0 Å². The molecule has 14 heavy (non-hydrogen) atoms. The van der Waals surface area contributed by atoms with Crippen molar-refractivity contribution in [3.8, 4) is 0 Å². The van der Waals surface area contributed by atoms with Gasteiger partial charge in [-0.15, -0.1) is 0 Å². The Balaban J connectivity index is 2.16. The summed E-state index contributed by atoms with van der Waals surface area (Å²) in [5, 5.41) is 0. The third kappa shape index (κ3) is 0.985. The summed E-state index contributed by atoms with van der Waals surface area (Å²) in [7, 11) is 0. The molecule has 0 radical (unpaired) electrons. The molecule has 0 fully saturated rings. The molecule has 0 aliphatic heterocycles. The van der Waals surface area contributed by atoms with E-state index in [1.54, 1.807) is 0 Å². The van der Waals surface area contributed by atoms with E-state index in [2.05, 4.69) is 24.3 Å². The highest BCUT2D eigenvalue weighted by Gasteiger charge is 2.27. The van der Waals surface area contributed by atoms with E-state index in [4.69, 9.17) is 0 Å². The van der Waals surface area contributed by atoms with E-state index >= 15 is 0 Å². The Morgan fingerprint density at radius 2 is 1.86 bits per heavy atom. The lowest BCUT2D eigenvalue weighted by atomic mass is 9.91. The third-order valence-electron chi connectivity index (χ3n) is 3.24. The number of benzene rings is 1. The number of carbonyl (C=O) groups excluding carboxylic acids is 1. The Morgan fingerprint density at radius 1 is 1.00 bits per heavy atom. The number of ketones is 1. The molecule has 1 heteroatoms. The molecule has 1 nitrogen and oxygen atoms in total. The van der Waals surface area contributed by atoms with Crippen molar-refractivity contribution in [3.63, 3.8) is 0 Å². The average molecular weight is 184 g/mol. The standard InChI is InChI=1S/C13H12O/c14-13-7-3-6-11-10-5-2-1-4-9(10)8-12(11)13/h1-2,4-5H,3,6-8H2. The maximum absolute atomic E-state index is 11.7. The van der Waals surface area contributed by atoms with Crippen molar-refractivity contribution in [2.24, 2.45) is 0 Å². The normalized spacial score (nSPS) is 19.6. The van der Waals surface area contributed by atoms with Gasteiger partial charge in [0.05, 0.1) is 0 Å². The lowest BCUT2D eigenvalue weighted by Gasteiger charge is -2.12. The number of allylic oxidation sites excluding steroid dienone is 2. The minimum absolute atomic E-state index is 0.377. The first-order valence-electron chi connectivity index (χ1n) is 5.20. The van der Waals surface area contributed by atoms with Crippen LogP contribution >= 0.6 is 0 Å². The second-order valence-corrected chi connectivity index (χ2v) is 4.07. The van der Waals surface area contributed by atoms with Crippen molar-refractivity contribution in [2.45, 2.75) is 25.7 Å². The van der Waals surface area contributed by atoms with Crippen LogP contribution in [-0.4, -0.2) is 5.78 Å². The molecule has 0 aromatic heterocycles. The van der Waals surface area contributed by atoms with Crippen molar-refractivity contribution in [3.05, 3.63) is 41.0 Å². The molecule has 0 atom stereocenters. The zero-order chi connectivity index (χ0) is 9.54. The molecule has 1 aromatic rings. The molecule has 0 heterocycles. The summed E-state index contributed by atoms with van der Waals surface area (Å²) >= 11 is 0. The Kier molecular flexibility index (Phi) is 1.60. The predicted molar refractivity (Wildman–Crippen MR) is 55.9 cm³/mol. The van der Waals surface area contributed by atoms with Gasteiger partial charge in [-0.05, 0) is 29.5 Å². The molecule has 2 aliphatic rings. The van der Waals surface area contributed by atoms with Gasteiger partial charge in [-0.2, -0.15) is 0 Å². The van der Waals surface area contributed by atoms with Gasteiger partial charge >= 0.3 is 0 Å². The van der Waals surface area contributed by atoms with Gasteiger partial charge in [0.2, 0.25) is 0 Å². The topological polar surface area (TPSA) is 17.1 Å². The summed E-state index contributed by atoms with van der Waals surface area (Å²) in [4.78, 5) is 11.7. The molecule has 70 valence electrons. The van der Waals surface area contributed by atoms with Gasteiger partial charge in [0, 0.05) is 18.4 Å². The number of hydrogen-bond acceptors (Lipinski definition) is 1. The van der Waals surface area contributed by atoms with E-state index in [0.717, 1.165) is 31.3 Å². The Bertz CT molecular complexity index is 440. The number of carbonyl (C=O) groups is 1. The van der Waals surface area contributed by atoms with Gasteiger partial charge in [-0.25, -0.2) is 0 Å². The summed E-state index contributed by atoms with van der Waals surface area (Å²) < 4.78 is 0. The molecule has 0 saturated heterocycles. The van der Waals surface area contributed by atoms with E-state index in [0.29, 0.717) is 5.78 Å². The average Bonchev–Trinajstić information content (AvgIpc) is 2.59. The van der Waals surface area contributed by atoms with Gasteiger partial charge in [0.25, 0.3) is 0 Å². The second kappa shape index (κ2) is 2.81. The van der Waals surface area contributed by atoms with E-state index in [1.165, 1.54) is 16.7 Å². The van der Waals surface area contributed by atoms with Gasteiger partial charge < -0.3 is 0 Å². The Labute approximate surface area is 83.4 Å². The zero-order valence-corrected chi connectivity index (χ0v) is 8.05.